The van der Waals surface area contributed by atoms with Crippen molar-refractivity contribution < 1.29 is 0 Å². The summed E-state index contributed by atoms with van der Waals surface area (Å²) in [5, 5.41) is 7.51. The average molecular weight is 189 g/mol. The highest BCUT2D eigenvalue weighted by molar-refractivity contribution is 5.68. The van der Waals surface area contributed by atoms with Crippen LogP contribution in [0.2, 0.25) is 0 Å². The summed E-state index contributed by atoms with van der Waals surface area (Å²) in [5.74, 6) is 0. The van der Waals surface area contributed by atoms with E-state index in [4.69, 9.17) is 5.41 Å². The van der Waals surface area contributed by atoms with Crippen molar-refractivity contribution in [2.24, 2.45) is 7.05 Å². The topological polar surface area (TPSA) is 67.5 Å². The normalized spacial score (nSPS) is 10.8. The van der Waals surface area contributed by atoms with Crippen LogP contribution in [0.15, 0.2) is 6.20 Å². The Morgan fingerprint density at radius 1 is 1.14 bits per heavy atom. The van der Waals surface area contributed by atoms with Crippen molar-refractivity contribution in [3.8, 4) is 0 Å². The Kier molecular flexibility index (Phi) is 1.80. The van der Waals surface area contributed by atoms with Gasteiger partial charge in [-0.3, -0.25) is 5.41 Å². The molecule has 5 heteroatoms. The summed E-state index contributed by atoms with van der Waals surface area (Å²) in [5.41, 5.74) is 3.22. The van der Waals surface area contributed by atoms with E-state index in [1.807, 2.05) is 13.8 Å². The molecule has 0 atom stereocenters. The summed E-state index contributed by atoms with van der Waals surface area (Å²) < 4.78 is 1.62. The van der Waals surface area contributed by atoms with E-state index in [0.29, 0.717) is 5.65 Å². The molecule has 0 spiro atoms. The first-order valence-corrected chi connectivity index (χ1v) is 4.31. The number of aryl methyl sites for hydroxylation is 3. The van der Waals surface area contributed by atoms with Crippen LogP contribution in [0.3, 0.4) is 0 Å². The zero-order chi connectivity index (χ0) is 10.3. The molecule has 5 nitrogen and oxygen atoms in total. The molecule has 0 aliphatic heterocycles. The second kappa shape index (κ2) is 2.87. The first kappa shape index (κ1) is 8.80. The van der Waals surface area contributed by atoms with Crippen LogP contribution < -0.4 is 5.62 Å². The van der Waals surface area contributed by atoms with Crippen LogP contribution >= 0.6 is 0 Å². The van der Waals surface area contributed by atoms with Gasteiger partial charge in [0.2, 0.25) is 5.62 Å². The quantitative estimate of drug-likeness (QED) is 0.654. The van der Waals surface area contributed by atoms with E-state index >= 15 is 0 Å². The highest BCUT2D eigenvalue weighted by Gasteiger charge is 2.02. The molecule has 0 aliphatic carbocycles. The van der Waals surface area contributed by atoms with Crippen molar-refractivity contribution >= 4 is 11.2 Å². The first-order chi connectivity index (χ1) is 6.58. The molecule has 2 aromatic heterocycles. The Morgan fingerprint density at radius 2 is 1.79 bits per heavy atom. The van der Waals surface area contributed by atoms with Gasteiger partial charge in [-0.1, -0.05) is 0 Å². The summed E-state index contributed by atoms with van der Waals surface area (Å²) in [6.07, 6.45) is 1.77. The maximum atomic E-state index is 7.51. The third-order valence-electron chi connectivity index (χ3n) is 2.18. The van der Waals surface area contributed by atoms with Crippen LogP contribution in [0, 0.1) is 19.3 Å². The summed E-state index contributed by atoms with van der Waals surface area (Å²) in [6.45, 7) is 3.80. The molecule has 0 unspecified atom stereocenters. The number of rotatable bonds is 0. The van der Waals surface area contributed by atoms with Gasteiger partial charge in [0.15, 0.2) is 5.65 Å². The lowest BCUT2D eigenvalue weighted by molar-refractivity contribution is 0.770. The molecular weight excluding hydrogens is 178 g/mol. The SMILES string of the molecule is Cc1nc2cn(C)c(=N)nc2nc1C. The Hall–Kier alpha value is -1.78. The molecule has 2 aromatic rings. The van der Waals surface area contributed by atoms with E-state index in [0.717, 1.165) is 16.9 Å². The minimum Gasteiger partial charge on any atom is -0.318 e. The fourth-order valence-corrected chi connectivity index (χ4v) is 1.20. The van der Waals surface area contributed by atoms with Gasteiger partial charge in [0.05, 0.1) is 11.4 Å². The predicted molar refractivity (Wildman–Crippen MR) is 51.6 cm³/mol. The van der Waals surface area contributed by atoms with Crippen LogP contribution in [0.25, 0.3) is 11.2 Å². The van der Waals surface area contributed by atoms with Crippen LogP contribution in [-0.2, 0) is 7.05 Å². The maximum absolute atomic E-state index is 7.51. The first-order valence-electron chi connectivity index (χ1n) is 4.31. The average Bonchev–Trinajstić information content (AvgIpc) is 2.11. The lowest BCUT2D eigenvalue weighted by Gasteiger charge is -2.03. The van der Waals surface area contributed by atoms with Gasteiger partial charge in [-0.15, -0.1) is 0 Å². The van der Waals surface area contributed by atoms with Crippen molar-refractivity contribution in [1.82, 2.24) is 19.5 Å². The fourth-order valence-electron chi connectivity index (χ4n) is 1.20. The monoisotopic (exact) mass is 189 g/mol. The van der Waals surface area contributed by atoms with Crippen LogP contribution in [0.5, 0.6) is 0 Å². The largest absolute Gasteiger partial charge is 0.318 e. The lowest BCUT2D eigenvalue weighted by atomic mass is 10.3. The minimum atomic E-state index is 0.190. The third-order valence-corrected chi connectivity index (χ3v) is 2.18. The Balaban J connectivity index is 2.90. The summed E-state index contributed by atoms with van der Waals surface area (Å²) >= 11 is 0. The lowest BCUT2D eigenvalue weighted by Crippen LogP contribution is -2.20. The molecule has 72 valence electrons. The van der Waals surface area contributed by atoms with Gasteiger partial charge in [0.25, 0.3) is 0 Å². The summed E-state index contributed by atoms with van der Waals surface area (Å²) in [4.78, 5) is 12.7. The van der Waals surface area contributed by atoms with E-state index in [9.17, 15) is 0 Å². The second-order valence-electron chi connectivity index (χ2n) is 3.28. The Bertz CT molecular complexity index is 555. The van der Waals surface area contributed by atoms with Crippen LogP contribution in [0.4, 0.5) is 0 Å². The number of fused-ring (bicyclic) bond motifs is 1. The Morgan fingerprint density at radius 3 is 2.50 bits per heavy atom. The zero-order valence-corrected chi connectivity index (χ0v) is 8.37. The fraction of sp³-hybridized carbons (Fsp3) is 0.333. The van der Waals surface area contributed by atoms with Gasteiger partial charge in [-0.25, -0.2) is 9.97 Å². The molecule has 0 fully saturated rings. The van der Waals surface area contributed by atoms with E-state index in [-0.39, 0.29) is 5.62 Å². The molecule has 0 amide bonds. The smallest absolute Gasteiger partial charge is 0.223 e. The molecule has 0 saturated carbocycles. The van der Waals surface area contributed by atoms with Gasteiger partial charge in [0.1, 0.15) is 5.52 Å². The number of aromatic nitrogens is 4. The van der Waals surface area contributed by atoms with E-state index in [1.165, 1.54) is 0 Å². The van der Waals surface area contributed by atoms with Gasteiger partial charge >= 0.3 is 0 Å². The van der Waals surface area contributed by atoms with E-state index in [2.05, 4.69) is 15.0 Å². The van der Waals surface area contributed by atoms with Gasteiger partial charge in [-0.2, -0.15) is 4.98 Å². The number of hydrogen-bond donors (Lipinski definition) is 1. The van der Waals surface area contributed by atoms with Crippen LogP contribution in [-0.4, -0.2) is 19.5 Å². The van der Waals surface area contributed by atoms with E-state index < -0.39 is 0 Å². The number of nitrogens with one attached hydrogen (secondary N) is 1. The molecule has 14 heavy (non-hydrogen) atoms. The molecule has 1 N–H and O–H groups in total. The Labute approximate surface area is 81.0 Å². The van der Waals surface area contributed by atoms with Crippen LogP contribution in [0.1, 0.15) is 11.4 Å². The van der Waals surface area contributed by atoms with E-state index in [1.54, 1.807) is 17.8 Å². The predicted octanol–water partition coefficient (Wildman–Crippen LogP) is 0.460. The van der Waals surface area contributed by atoms with Crippen molar-refractivity contribution in [2.45, 2.75) is 13.8 Å². The maximum Gasteiger partial charge on any atom is 0.223 e. The minimum absolute atomic E-state index is 0.190. The van der Waals surface area contributed by atoms with Crippen molar-refractivity contribution in [2.75, 3.05) is 0 Å². The number of hydrogen-bond acceptors (Lipinski definition) is 4. The standard InChI is InChI=1S/C9H11N5/c1-5-6(2)12-8-7(11-5)4-14(3)9(10)13-8/h4,10H,1-3H3. The van der Waals surface area contributed by atoms with Crippen molar-refractivity contribution in [1.29, 1.82) is 5.41 Å². The molecule has 0 aliphatic rings. The zero-order valence-electron chi connectivity index (χ0n) is 8.37. The van der Waals surface area contributed by atoms with Crippen molar-refractivity contribution in [3.05, 3.63) is 23.2 Å². The molecule has 0 aromatic carbocycles. The molecule has 2 rings (SSSR count). The molecular formula is C9H11N5. The highest BCUT2D eigenvalue weighted by Crippen LogP contribution is 2.06. The second-order valence-corrected chi connectivity index (χ2v) is 3.28. The van der Waals surface area contributed by atoms with Gasteiger partial charge in [-0.05, 0) is 13.8 Å². The molecule has 0 saturated heterocycles. The highest BCUT2D eigenvalue weighted by atomic mass is 15.1. The van der Waals surface area contributed by atoms with Crippen molar-refractivity contribution in [3.63, 3.8) is 0 Å². The third kappa shape index (κ3) is 1.26. The number of nitrogens with zero attached hydrogens (tertiary/aromatic N) is 4. The van der Waals surface area contributed by atoms with Gasteiger partial charge < -0.3 is 4.57 Å². The van der Waals surface area contributed by atoms with Gasteiger partial charge in [0, 0.05) is 13.2 Å². The summed E-state index contributed by atoms with van der Waals surface area (Å²) in [6, 6.07) is 0. The molecule has 0 radical (unpaired) electrons. The molecule has 2 heterocycles. The summed E-state index contributed by atoms with van der Waals surface area (Å²) in [7, 11) is 1.77. The molecule has 0 bridgehead atoms.